The van der Waals surface area contributed by atoms with Gasteiger partial charge in [0.15, 0.2) is 11.5 Å². The third-order valence-corrected chi connectivity index (χ3v) is 5.32. The number of hydrogen-bond acceptors (Lipinski definition) is 4. The van der Waals surface area contributed by atoms with E-state index in [1.807, 2.05) is 19.9 Å². The molecule has 6 nitrogen and oxygen atoms in total. The number of aryl methyl sites for hydroxylation is 2. The molecule has 0 aliphatic rings. The molecule has 4 rings (SSSR count). The molecule has 8 heteroatoms. The Hall–Kier alpha value is -3.19. The number of carbonyl (C=O) groups is 1. The highest BCUT2D eigenvalue weighted by atomic mass is 35.5. The fourth-order valence-corrected chi connectivity index (χ4v) is 3.38. The second-order valence-corrected chi connectivity index (χ2v) is 7.19. The standard InChI is InChI=1S/C21H18ClFN4O2/c1-11-20(22)12(2)27(25-11)15-7-5-6-14(8-15)21(28)26(4)18-10-19-17(9-16(18)23)24-13(3)29-19/h5-10H,1-4H3. The maximum absolute atomic E-state index is 14.6. The third kappa shape index (κ3) is 3.27. The monoisotopic (exact) mass is 412 g/mol. The Labute approximate surface area is 171 Å². The van der Waals surface area contributed by atoms with E-state index in [0.29, 0.717) is 39.0 Å². The van der Waals surface area contributed by atoms with Gasteiger partial charge in [-0.25, -0.2) is 14.1 Å². The minimum Gasteiger partial charge on any atom is -0.441 e. The summed E-state index contributed by atoms with van der Waals surface area (Å²) in [5.41, 5.74) is 3.51. The number of carbonyl (C=O) groups excluding carboxylic acids is 1. The molecule has 0 aliphatic carbocycles. The molecule has 0 radical (unpaired) electrons. The fourth-order valence-electron chi connectivity index (χ4n) is 3.26. The van der Waals surface area contributed by atoms with Crippen LogP contribution in [-0.4, -0.2) is 27.7 Å². The van der Waals surface area contributed by atoms with Gasteiger partial charge in [-0.1, -0.05) is 17.7 Å². The number of aromatic nitrogens is 3. The van der Waals surface area contributed by atoms with Gasteiger partial charge in [0.1, 0.15) is 11.3 Å². The van der Waals surface area contributed by atoms with Gasteiger partial charge in [-0.3, -0.25) is 4.79 Å². The van der Waals surface area contributed by atoms with Gasteiger partial charge in [0, 0.05) is 31.7 Å². The van der Waals surface area contributed by atoms with Crippen molar-refractivity contribution in [3.8, 4) is 5.69 Å². The molecule has 1 amide bonds. The zero-order chi connectivity index (χ0) is 20.9. The maximum Gasteiger partial charge on any atom is 0.258 e. The van der Waals surface area contributed by atoms with Gasteiger partial charge < -0.3 is 9.32 Å². The lowest BCUT2D eigenvalue weighted by Crippen LogP contribution is -2.27. The minimum absolute atomic E-state index is 0.109. The van der Waals surface area contributed by atoms with Crippen LogP contribution in [-0.2, 0) is 0 Å². The molecule has 4 aromatic rings. The number of rotatable bonds is 3. The molecule has 0 atom stereocenters. The zero-order valence-corrected chi connectivity index (χ0v) is 17.1. The summed E-state index contributed by atoms with van der Waals surface area (Å²) in [4.78, 5) is 18.4. The fraction of sp³-hybridized carbons (Fsp3) is 0.190. The van der Waals surface area contributed by atoms with E-state index in [2.05, 4.69) is 10.1 Å². The summed E-state index contributed by atoms with van der Waals surface area (Å²) in [6.07, 6.45) is 0. The van der Waals surface area contributed by atoms with Gasteiger partial charge in [0.2, 0.25) is 0 Å². The van der Waals surface area contributed by atoms with E-state index in [1.54, 1.807) is 29.8 Å². The maximum atomic E-state index is 14.6. The van der Waals surface area contributed by atoms with Crippen molar-refractivity contribution < 1.29 is 13.6 Å². The third-order valence-electron chi connectivity index (χ3n) is 4.77. The van der Waals surface area contributed by atoms with E-state index in [-0.39, 0.29) is 11.6 Å². The molecule has 0 N–H and O–H groups in total. The Morgan fingerprint density at radius 3 is 2.66 bits per heavy atom. The van der Waals surface area contributed by atoms with Crippen molar-refractivity contribution in [3.63, 3.8) is 0 Å². The molecule has 0 fully saturated rings. The van der Waals surface area contributed by atoms with Gasteiger partial charge in [-0.05, 0) is 32.0 Å². The van der Waals surface area contributed by atoms with Crippen molar-refractivity contribution in [3.05, 3.63) is 70.1 Å². The summed E-state index contributed by atoms with van der Waals surface area (Å²) in [6.45, 7) is 5.36. The molecule has 2 aromatic carbocycles. The Balaban J connectivity index is 1.71. The first-order valence-corrected chi connectivity index (χ1v) is 9.31. The van der Waals surface area contributed by atoms with Crippen LogP contribution in [0.1, 0.15) is 27.6 Å². The van der Waals surface area contributed by atoms with Crippen LogP contribution in [0.15, 0.2) is 40.8 Å². The lowest BCUT2D eigenvalue weighted by molar-refractivity contribution is 0.0992. The van der Waals surface area contributed by atoms with Gasteiger partial charge in [0.25, 0.3) is 5.91 Å². The Bertz CT molecular complexity index is 1260. The summed E-state index contributed by atoms with van der Waals surface area (Å²) < 4.78 is 21.7. The molecule has 0 unspecified atom stereocenters. The number of nitrogens with zero attached hydrogens (tertiary/aromatic N) is 4. The van der Waals surface area contributed by atoms with Crippen molar-refractivity contribution in [2.45, 2.75) is 20.8 Å². The number of hydrogen-bond donors (Lipinski definition) is 0. The Kier molecular flexibility index (Phi) is 4.62. The van der Waals surface area contributed by atoms with Crippen LogP contribution in [0.2, 0.25) is 5.02 Å². The normalized spacial score (nSPS) is 11.2. The average Bonchev–Trinajstić information content (AvgIpc) is 3.19. The predicted octanol–water partition coefficient (Wildman–Crippen LogP) is 5.01. The molecule has 0 spiro atoms. The second-order valence-electron chi connectivity index (χ2n) is 6.82. The molecule has 29 heavy (non-hydrogen) atoms. The average molecular weight is 413 g/mol. The van der Waals surface area contributed by atoms with Crippen LogP contribution >= 0.6 is 11.6 Å². The van der Waals surface area contributed by atoms with Crippen LogP contribution in [0.25, 0.3) is 16.8 Å². The minimum atomic E-state index is -0.553. The smallest absolute Gasteiger partial charge is 0.258 e. The van der Waals surface area contributed by atoms with E-state index in [0.717, 1.165) is 5.69 Å². The second kappa shape index (κ2) is 7.00. The van der Waals surface area contributed by atoms with E-state index >= 15 is 0 Å². The van der Waals surface area contributed by atoms with Crippen molar-refractivity contribution in [2.75, 3.05) is 11.9 Å². The quantitative estimate of drug-likeness (QED) is 0.474. The first-order valence-electron chi connectivity index (χ1n) is 8.93. The van der Waals surface area contributed by atoms with E-state index < -0.39 is 5.82 Å². The highest BCUT2D eigenvalue weighted by Crippen LogP contribution is 2.28. The van der Waals surface area contributed by atoms with Crippen molar-refractivity contribution >= 4 is 34.3 Å². The number of fused-ring (bicyclic) bond motifs is 1. The molecule has 0 aliphatic heterocycles. The lowest BCUT2D eigenvalue weighted by atomic mass is 10.1. The first kappa shape index (κ1) is 19.1. The number of benzene rings is 2. The summed E-state index contributed by atoms with van der Waals surface area (Å²) in [6, 6.07) is 9.69. The van der Waals surface area contributed by atoms with Crippen molar-refractivity contribution in [1.29, 1.82) is 0 Å². The zero-order valence-electron chi connectivity index (χ0n) is 16.3. The largest absolute Gasteiger partial charge is 0.441 e. The van der Waals surface area contributed by atoms with Crippen molar-refractivity contribution in [1.82, 2.24) is 14.8 Å². The molecule has 0 saturated carbocycles. The van der Waals surface area contributed by atoms with E-state index in [9.17, 15) is 9.18 Å². The number of anilines is 1. The number of oxazole rings is 1. The van der Waals surface area contributed by atoms with Crippen LogP contribution in [0.4, 0.5) is 10.1 Å². The van der Waals surface area contributed by atoms with E-state index in [4.69, 9.17) is 16.0 Å². The summed E-state index contributed by atoms with van der Waals surface area (Å²) in [5, 5.41) is 4.99. The summed E-state index contributed by atoms with van der Waals surface area (Å²) >= 11 is 6.23. The molecule has 2 heterocycles. The summed E-state index contributed by atoms with van der Waals surface area (Å²) in [7, 11) is 1.52. The molecule has 0 bridgehead atoms. The molecule has 148 valence electrons. The highest BCUT2D eigenvalue weighted by Gasteiger charge is 2.20. The first-order chi connectivity index (χ1) is 13.8. The van der Waals surface area contributed by atoms with Gasteiger partial charge in [-0.2, -0.15) is 5.10 Å². The highest BCUT2D eigenvalue weighted by molar-refractivity contribution is 6.31. The van der Waals surface area contributed by atoms with Gasteiger partial charge in [0.05, 0.1) is 27.8 Å². The summed E-state index contributed by atoms with van der Waals surface area (Å²) in [5.74, 6) is -0.487. The molecular formula is C21H18ClFN4O2. The van der Waals surface area contributed by atoms with Crippen LogP contribution in [0.3, 0.4) is 0 Å². The molecule has 0 saturated heterocycles. The van der Waals surface area contributed by atoms with Gasteiger partial charge in [-0.15, -0.1) is 0 Å². The molecular weight excluding hydrogens is 395 g/mol. The van der Waals surface area contributed by atoms with Crippen LogP contribution < -0.4 is 4.90 Å². The van der Waals surface area contributed by atoms with Crippen LogP contribution in [0.5, 0.6) is 0 Å². The molecule has 2 aromatic heterocycles. The van der Waals surface area contributed by atoms with Crippen LogP contribution in [0, 0.1) is 26.6 Å². The van der Waals surface area contributed by atoms with Crippen molar-refractivity contribution in [2.24, 2.45) is 0 Å². The Morgan fingerprint density at radius 2 is 1.97 bits per heavy atom. The van der Waals surface area contributed by atoms with Gasteiger partial charge >= 0.3 is 0 Å². The predicted molar refractivity (Wildman–Crippen MR) is 109 cm³/mol. The number of halogens is 2. The van der Waals surface area contributed by atoms with E-state index in [1.165, 1.54) is 24.1 Å². The lowest BCUT2D eigenvalue weighted by Gasteiger charge is -2.18. The number of amides is 1. The topological polar surface area (TPSA) is 64.2 Å². The Morgan fingerprint density at radius 1 is 1.21 bits per heavy atom. The SMILES string of the molecule is Cc1nc2cc(F)c(N(C)C(=O)c3cccc(-n4nc(C)c(Cl)c4C)c3)cc2o1.